The molecule has 1 fully saturated rings. The SMILES string of the molecule is O=[N+]([O-])c1c(Cl)cccc1O[C@@H]1O[C@@H](CO)[C@H](O)[C@H]1O. The van der Waals surface area contributed by atoms with Crippen molar-refractivity contribution < 1.29 is 29.7 Å². The van der Waals surface area contributed by atoms with Gasteiger partial charge < -0.3 is 24.8 Å². The fourth-order valence-electron chi connectivity index (χ4n) is 1.86. The fraction of sp³-hybridized carbons (Fsp3) is 0.455. The molecule has 0 aromatic heterocycles. The number of ether oxygens (including phenoxy) is 2. The molecule has 1 aromatic carbocycles. The maximum atomic E-state index is 10.9. The largest absolute Gasteiger partial charge is 0.455 e. The molecule has 0 amide bonds. The molecule has 0 spiro atoms. The van der Waals surface area contributed by atoms with E-state index in [1.54, 1.807) is 0 Å². The van der Waals surface area contributed by atoms with E-state index in [-0.39, 0.29) is 10.8 Å². The van der Waals surface area contributed by atoms with Gasteiger partial charge in [0.05, 0.1) is 11.5 Å². The van der Waals surface area contributed by atoms with E-state index in [9.17, 15) is 20.3 Å². The van der Waals surface area contributed by atoms with Crippen LogP contribution in [0, 0.1) is 10.1 Å². The first-order valence-corrected chi connectivity index (χ1v) is 6.05. The molecule has 0 aliphatic carbocycles. The Bertz CT molecular complexity index is 512. The van der Waals surface area contributed by atoms with Crippen molar-refractivity contribution in [1.82, 2.24) is 0 Å². The highest BCUT2D eigenvalue weighted by Gasteiger charge is 2.44. The van der Waals surface area contributed by atoms with Crippen molar-refractivity contribution in [2.45, 2.75) is 24.6 Å². The molecule has 0 unspecified atom stereocenters. The van der Waals surface area contributed by atoms with E-state index in [4.69, 9.17) is 26.2 Å². The molecular weight excluding hydrogens is 294 g/mol. The summed E-state index contributed by atoms with van der Waals surface area (Å²) >= 11 is 5.72. The third-order valence-corrected chi connectivity index (χ3v) is 3.18. The molecule has 8 nitrogen and oxygen atoms in total. The minimum atomic E-state index is -1.44. The van der Waals surface area contributed by atoms with E-state index >= 15 is 0 Å². The molecule has 9 heteroatoms. The number of benzene rings is 1. The molecule has 0 saturated carbocycles. The molecule has 4 atom stereocenters. The minimum absolute atomic E-state index is 0.126. The van der Waals surface area contributed by atoms with Crippen LogP contribution in [0.4, 0.5) is 5.69 Å². The molecule has 0 radical (unpaired) electrons. The lowest BCUT2D eigenvalue weighted by molar-refractivity contribution is -0.386. The van der Waals surface area contributed by atoms with E-state index in [1.165, 1.54) is 18.2 Å². The summed E-state index contributed by atoms with van der Waals surface area (Å²) in [4.78, 5) is 10.2. The number of nitrogens with zero attached hydrogens (tertiary/aromatic N) is 1. The summed E-state index contributed by atoms with van der Waals surface area (Å²) in [5, 5.41) is 39.0. The van der Waals surface area contributed by atoms with Gasteiger partial charge in [-0.2, -0.15) is 0 Å². The lowest BCUT2D eigenvalue weighted by atomic mass is 10.1. The van der Waals surface area contributed by atoms with E-state index in [2.05, 4.69) is 0 Å². The molecule has 1 saturated heterocycles. The Hall–Kier alpha value is -1.45. The van der Waals surface area contributed by atoms with Crippen molar-refractivity contribution in [3.63, 3.8) is 0 Å². The van der Waals surface area contributed by atoms with Gasteiger partial charge in [0, 0.05) is 0 Å². The van der Waals surface area contributed by atoms with Gasteiger partial charge in [-0.25, -0.2) is 0 Å². The first-order valence-electron chi connectivity index (χ1n) is 5.67. The molecule has 20 heavy (non-hydrogen) atoms. The predicted molar refractivity (Wildman–Crippen MR) is 66.5 cm³/mol. The predicted octanol–water partition coefficient (Wildman–Crippen LogP) is 0.0660. The summed E-state index contributed by atoms with van der Waals surface area (Å²) in [5.41, 5.74) is -0.466. The second-order valence-electron chi connectivity index (χ2n) is 4.17. The van der Waals surface area contributed by atoms with Crippen LogP contribution < -0.4 is 4.74 Å². The van der Waals surface area contributed by atoms with Crippen LogP contribution in [0.15, 0.2) is 18.2 Å². The third-order valence-electron chi connectivity index (χ3n) is 2.87. The number of nitro benzene ring substituents is 1. The van der Waals surface area contributed by atoms with Gasteiger partial charge in [0.2, 0.25) is 12.0 Å². The topological polar surface area (TPSA) is 122 Å². The standard InChI is InChI=1S/C11H12ClNO7/c12-5-2-1-3-6(8(5)13(17)18)19-11-10(16)9(15)7(4-14)20-11/h1-3,7,9-11,14-16H,4H2/t7-,9-,10+,11+/m0/s1. The number of nitro groups is 1. The molecule has 1 aromatic rings. The fourth-order valence-corrected chi connectivity index (χ4v) is 2.09. The van der Waals surface area contributed by atoms with Crippen molar-refractivity contribution in [2.24, 2.45) is 0 Å². The number of aliphatic hydroxyl groups excluding tert-OH is 3. The Kier molecular flexibility index (Phi) is 4.41. The first-order chi connectivity index (χ1) is 9.45. The van der Waals surface area contributed by atoms with E-state index < -0.39 is 41.8 Å². The second kappa shape index (κ2) is 5.90. The van der Waals surface area contributed by atoms with Crippen molar-refractivity contribution in [3.05, 3.63) is 33.3 Å². The molecule has 3 N–H and O–H groups in total. The Morgan fingerprint density at radius 1 is 1.40 bits per heavy atom. The lowest BCUT2D eigenvalue weighted by Crippen LogP contribution is -2.35. The van der Waals surface area contributed by atoms with Crippen molar-refractivity contribution in [3.8, 4) is 5.75 Å². The Balaban J connectivity index is 2.23. The monoisotopic (exact) mass is 305 g/mol. The van der Waals surface area contributed by atoms with Crippen molar-refractivity contribution in [1.29, 1.82) is 0 Å². The summed E-state index contributed by atoms with van der Waals surface area (Å²) in [5.74, 6) is -0.197. The summed E-state index contributed by atoms with van der Waals surface area (Å²) in [6, 6.07) is 4.05. The molecule has 1 aliphatic rings. The maximum absolute atomic E-state index is 10.9. The summed E-state index contributed by atoms with van der Waals surface area (Å²) < 4.78 is 10.3. The number of aliphatic hydroxyl groups is 3. The quantitative estimate of drug-likeness (QED) is 0.531. The van der Waals surface area contributed by atoms with Crippen LogP contribution in [-0.4, -0.2) is 51.5 Å². The minimum Gasteiger partial charge on any atom is -0.455 e. The van der Waals surface area contributed by atoms with Gasteiger partial charge in [-0.15, -0.1) is 0 Å². The van der Waals surface area contributed by atoms with Gasteiger partial charge in [0.25, 0.3) is 0 Å². The van der Waals surface area contributed by atoms with Gasteiger partial charge in [0.1, 0.15) is 23.3 Å². The van der Waals surface area contributed by atoms with E-state index in [0.717, 1.165) is 0 Å². The van der Waals surface area contributed by atoms with Gasteiger partial charge in [-0.3, -0.25) is 10.1 Å². The normalized spacial score (nSPS) is 29.4. The van der Waals surface area contributed by atoms with Crippen LogP contribution in [0.1, 0.15) is 0 Å². The molecule has 2 rings (SSSR count). The zero-order valence-corrected chi connectivity index (χ0v) is 10.8. The van der Waals surface area contributed by atoms with E-state index in [1.807, 2.05) is 0 Å². The smallest absolute Gasteiger partial charge is 0.329 e. The summed E-state index contributed by atoms with van der Waals surface area (Å²) in [6.45, 7) is -0.518. The van der Waals surface area contributed by atoms with Crippen LogP contribution in [0.5, 0.6) is 5.75 Å². The maximum Gasteiger partial charge on any atom is 0.329 e. The number of para-hydroxylation sites is 1. The summed E-state index contributed by atoms with van der Waals surface area (Å²) in [7, 11) is 0. The van der Waals surface area contributed by atoms with Gasteiger partial charge in [-0.1, -0.05) is 17.7 Å². The molecule has 0 bridgehead atoms. The lowest BCUT2D eigenvalue weighted by Gasteiger charge is -2.16. The third kappa shape index (κ3) is 2.69. The van der Waals surface area contributed by atoms with Crippen molar-refractivity contribution in [2.75, 3.05) is 6.61 Å². The first kappa shape index (κ1) is 14.9. The highest BCUT2D eigenvalue weighted by Crippen LogP contribution is 2.36. The Morgan fingerprint density at radius 2 is 2.10 bits per heavy atom. The van der Waals surface area contributed by atoms with E-state index in [0.29, 0.717) is 0 Å². The Morgan fingerprint density at radius 3 is 2.65 bits per heavy atom. The van der Waals surface area contributed by atoms with Crippen LogP contribution in [-0.2, 0) is 4.74 Å². The number of halogens is 1. The van der Waals surface area contributed by atoms with Crippen LogP contribution >= 0.6 is 11.6 Å². The zero-order chi connectivity index (χ0) is 14.9. The molecule has 1 heterocycles. The zero-order valence-electron chi connectivity index (χ0n) is 10.0. The van der Waals surface area contributed by atoms with Gasteiger partial charge in [0.15, 0.2) is 0 Å². The van der Waals surface area contributed by atoms with Gasteiger partial charge >= 0.3 is 5.69 Å². The van der Waals surface area contributed by atoms with Crippen LogP contribution in [0.3, 0.4) is 0 Å². The van der Waals surface area contributed by atoms with Crippen LogP contribution in [0.2, 0.25) is 5.02 Å². The number of hydrogen-bond donors (Lipinski definition) is 3. The highest BCUT2D eigenvalue weighted by atomic mass is 35.5. The molecular formula is C11H12ClNO7. The van der Waals surface area contributed by atoms with Crippen LogP contribution in [0.25, 0.3) is 0 Å². The molecule has 1 aliphatic heterocycles. The number of hydrogen-bond acceptors (Lipinski definition) is 7. The molecule has 110 valence electrons. The number of rotatable bonds is 4. The average molecular weight is 306 g/mol. The average Bonchev–Trinajstić information content (AvgIpc) is 2.66. The van der Waals surface area contributed by atoms with Crippen molar-refractivity contribution >= 4 is 17.3 Å². The second-order valence-corrected chi connectivity index (χ2v) is 4.58. The Labute approximate surface area is 118 Å². The highest BCUT2D eigenvalue weighted by molar-refractivity contribution is 6.32. The van der Waals surface area contributed by atoms with Gasteiger partial charge in [-0.05, 0) is 12.1 Å². The summed E-state index contributed by atoms with van der Waals surface area (Å²) in [6.07, 6.45) is -5.14.